The largest absolute Gasteiger partial charge is 0.497 e. The van der Waals surface area contributed by atoms with Gasteiger partial charge in [0.25, 0.3) is 5.91 Å². The van der Waals surface area contributed by atoms with E-state index in [1.807, 2.05) is 91.0 Å². The normalized spacial score (nSPS) is 18.0. The van der Waals surface area contributed by atoms with Crippen molar-refractivity contribution in [2.45, 2.75) is 30.1 Å². The number of benzene rings is 5. The molecule has 0 bridgehead atoms. The van der Waals surface area contributed by atoms with Crippen LogP contribution in [0.5, 0.6) is 5.75 Å². The highest BCUT2D eigenvalue weighted by Gasteiger charge is 2.50. The maximum atomic E-state index is 13.6. The summed E-state index contributed by atoms with van der Waals surface area (Å²) >= 11 is 0. The van der Waals surface area contributed by atoms with Crippen LogP contribution in [0.1, 0.15) is 43.6 Å². The van der Waals surface area contributed by atoms with Crippen LogP contribution in [0.3, 0.4) is 0 Å². The predicted molar refractivity (Wildman–Crippen MR) is 207 cm³/mol. The number of aromatic nitrogens is 4. The van der Waals surface area contributed by atoms with Crippen LogP contribution >= 0.6 is 0 Å². The van der Waals surface area contributed by atoms with Crippen LogP contribution in [0, 0.1) is 0 Å². The van der Waals surface area contributed by atoms with Crippen LogP contribution in [0.15, 0.2) is 158 Å². The van der Waals surface area contributed by atoms with Crippen molar-refractivity contribution in [1.29, 1.82) is 0 Å². The van der Waals surface area contributed by atoms with Crippen molar-refractivity contribution < 1.29 is 33.6 Å². The summed E-state index contributed by atoms with van der Waals surface area (Å²) in [4.78, 5) is 39.8. The number of carbonyl (C=O) groups excluding carboxylic acids is 2. The molecule has 0 aliphatic carbocycles. The molecule has 5 aromatic carbocycles. The summed E-state index contributed by atoms with van der Waals surface area (Å²) in [5.74, 6) is -0.155. The number of carbonyl (C=O) groups is 2. The molecule has 4 atom stereocenters. The van der Waals surface area contributed by atoms with Crippen molar-refractivity contribution in [3.8, 4) is 5.75 Å². The molecule has 12 nitrogen and oxygen atoms in total. The first kappa shape index (κ1) is 36.3. The zero-order valence-corrected chi connectivity index (χ0v) is 30.2. The van der Waals surface area contributed by atoms with E-state index in [9.17, 15) is 14.7 Å². The Labute approximate surface area is 322 Å². The number of hydrogen-bond donors (Lipinski definition) is 2. The Kier molecular flexibility index (Phi) is 10.3. The van der Waals surface area contributed by atoms with Crippen molar-refractivity contribution >= 4 is 28.9 Å². The molecule has 2 aromatic heterocycles. The fourth-order valence-electron chi connectivity index (χ4n) is 7.02. The summed E-state index contributed by atoms with van der Waals surface area (Å²) in [7, 11) is 1.61. The number of imidazole rings is 1. The summed E-state index contributed by atoms with van der Waals surface area (Å²) in [5.41, 5.74) is 2.62. The molecule has 1 amide bonds. The van der Waals surface area contributed by atoms with Gasteiger partial charge >= 0.3 is 5.97 Å². The smallest absolute Gasteiger partial charge is 0.338 e. The second kappa shape index (κ2) is 15.9. The van der Waals surface area contributed by atoms with Crippen LogP contribution in [0.4, 0.5) is 5.82 Å². The minimum Gasteiger partial charge on any atom is -0.497 e. The number of ether oxygens (including phenoxy) is 4. The van der Waals surface area contributed by atoms with Crippen LogP contribution in [0.2, 0.25) is 0 Å². The first-order chi connectivity index (χ1) is 27.5. The molecule has 0 spiro atoms. The van der Waals surface area contributed by atoms with E-state index in [1.165, 1.54) is 17.2 Å². The Morgan fingerprint density at radius 1 is 0.750 bits per heavy atom. The Morgan fingerprint density at radius 3 is 1.93 bits per heavy atom. The zero-order valence-electron chi connectivity index (χ0n) is 30.2. The first-order valence-electron chi connectivity index (χ1n) is 18.0. The average Bonchev–Trinajstić information content (AvgIpc) is 3.83. The fraction of sp³-hybridized carbons (Fsp3) is 0.159. The van der Waals surface area contributed by atoms with Gasteiger partial charge in [-0.3, -0.25) is 9.36 Å². The van der Waals surface area contributed by atoms with Crippen LogP contribution < -0.4 is 10.1 Å². The summed E-state index contributed by atoms with van der Waals surface area (Å²) in [6, 6.07) is 44.5. The lowest BCUT2D eigenvalue weighted by Crippen LogP contribution is -2.41. The van der Waals surface area contributed by atoms with Crippen molar-refractivity contribution in [3.05, 3.63) is 186 Å². The van der Waals surface area contributed by atoms with Crippen LogP contribution in [-0.4, -0.2) is 68.5 Å². The molecule has 1 aliphatic rings. The number of nitrogens with zero attached hydrogens (tertiary/aromatic N) is 4. The monoisotopic (exact) mass is 747 g/mol. The Balaban J connectivity index is 1.17. The first-order valence-corrected chi connectivity index (χ1v) is 18.0. The summed E-state index contributed by atoms with van der Waals surface area (Å²) in [6.45, 7) is -0.129. The highest BCUT2D eigenvalue weighted by Crippen LogP contribution is 2.43. The van der Waals surface area contributed by atoms with Gasteiger partial charge in [0.1, 0.15) is 29.9 Å². The lowest BCUT2D eigenvalue weighted by atomic mass is 9.80. The van der Waals surface area contributed by atoms with E-state index >= 15 is 0 Å². The van der Waals surface area contributed by atoms with Crippen molar-refractivity contribution in [1.82, 2.24) is 19.5 Å². The molecule has 0 radical (unpaired) electrons. The number of aliphatic hydroxyl groups excluding tert-OH is 1. The number of fused-ring (bicyclic) bond motifs is 1. The van der Waals surface area contributed by atoms with Gasteiger partial charge in [-0.05, 0) is 53.1 Å². The predicted octanol–water partition coefficient (Wildman–Crippen LogP) is 6.58. The van der Waals surface area contributed by atoms with Gasteiger partial charge in [-0.25, -0.2) is 19.7 Å². The third kappa shape index (κ3) is 7.00. The van der Waals surface area contributed by atoms with E-state index in [1.54, 1.807) is 61.7 Å². The maximum Gasteiger partial charge on any atom is 0.338 e. The molecule has 2 N–H and O–H groups in total. The second-order valence-corrected chi connectivity index (χ2v) is 13.1. The van der Waals surface area contributed by atoms with Gasteiger partial charge in [-0.1, -0.05) is 109 Å². The Morgan fingerprint density at radius 2 is 1.32 bits per heavy atom. The number of methoxy groups -OCH3 is 1. The van der Waals surface area contributed by atoms with E-state index < -0.39 is 36.1 Å². The van der Waals surface area contributed by atoms with Crippen LogP contribution in [0.25, 0.3) is 11.2 Å². The van der Waals surface area contributed by atoms with Gasteiger partial charge in [0.15, 0.2) is 29.3 Å². The van der Waals surface area contributed by atoms with E-state index in [-0.39, 0.29) is 29.5 Å². The van der Waals surface area contributed by atoms with Crippen molar-refractivity contribution in [2.24, 2.45) is 0 Å². The Hall–Kier alpha value is -6.73. The molecular formula is C44H37N5O7. The molecule has 1 aliphatic heterocycles. The van der Waals surface area contributed by atoms with Gasteiger partial charge in [0, 0.05) is 5.56 Å². The van der Waals surface area contributed by atoms with E-state index in [4.69, 9.17) is 18.9 Å². The molecule has 1 saturated heterocycles. The third-order valence-corrected chi connectivity index (χ3v) is 9.78. The number of esters is 1. The molecule has 0 saturated carbocycles. The summed E-state index contributed by atoms with van der Waals surface area (Å²) in [5, 5.41) is 14.8. The van der Waals surface area contributed by atoms with Gasteiger partial charge in [0.05, 0.1) is 25.6 Å². The Bertz CT molecular complexity index is 2370. The van der Waals surface area contributed by atoms with E-state index in [0.717, 1.165) is 16.7 Å². The molecule has 280 valence electrons. The van der Waals surface area contributed by atoms with Crippen LogP contribution in [-0.2, 0) is 19.8 Å². The SMILES string of the molecule is COc1ccc(C(OC[C@H]2O[C@@H](n3cnc4c(NC(=O)c5ccccc5)ncnc43)[C@H](O)[C@H]2OC(=O)c2ccccc2)(c2ccccc2)c2ccccc2)cc1. The van der Waals surface area contributed by atoms with Crippen molar-refractivity contribution in [3.63, 3.8) is 0 Å². The quantitative estimate of drug-likeness (QED) is 0.104. The maximum absolute atomic E-state index is 13.6. The number of nitrogens with one attached hydrogen (secondary N) is 1. The minimum atomic E-state index is -1.39. The fourth-order valence-corrected chi connectivity index (χ4v) is 7.02. The van der Waals surface area contributed by atoms with Gasteiger partial charge < -0.3 is 29.4 Å². The molecule has 8 rings (SSSR count). The lowest BCUT2D eigenvalue weighted by molar-refractivity contribution is -0.0960. The average molecular weight is 748 g/mol. The highest BCUT2D eigenvalue weighted by molar-refractivity contribution is 6.06. The van der Waals surface area contributed by atoms with Gasteiger partial charge in [-0.2, -0.15) is 0 Å². The number of hydrogen-bond acceptors (Lipinski definition) is 10. The van der Waals surface area contributed by atoms with Crippen molar-refractivity contribution in [2.75, 3.05) is 19.0 Å². The molecule has 1 fully saturated rings. The highest BCUT2D eigenvalue weighted by atomic mass is 16.6. The number of amides is 1. The molecule has 12 heteroatoms. The topological polar surface area (TPSA) is 147 Å². The molecule has 56 heavy (non-hydrogen) atoms. The summed E-state index contributed by atoms with van der Waals surface area (Å²) < 4.78 is 26.8. The number of aliphatic hydroxyl groups is 1. The third-order valence-electron chi connectivity index (χ3n) is 9.78. The summed E-state index contributed by atoms with van der Waals surface area (Å²) in [6.07, 6.45) is -1.96. The van der Waals surface area contributed by atoms with E-state index in [0.29, 0.717) is 16.9 Å². The second-order valence-electron chi connectivity index (χ2n) is 13.1. The van der Waals surface area contributed by atoms with E-state index in [2.05, 4.69) is 20.3 Å². The standard InChI is InChI=1S/C44H37N5O7/c1-53-34-24-22-33(23-25-34)44(31-18-10-4-11-19-31,32-20-12-5-13-21-32)54-26-35-38(56-43(52)30-16-8-3-9-17-30)37(50)42(55-35)49-28-47-36-39(45-27-46-40(36)49)48-41(51)29-14-6-2-7-15-29/h2-25,27-28,35,37-38,42,50H,26H2,1H3,(H,45,46,48,51)/t35-,37-,38+,42-/m1/s1. The molecule has 7 aromatic rings. The number of rotatable bonds is 12. The molecule has 0 unspecified atom stereocenters. The number of anilines is 1. The minimum absolute atomic E-state index is 0.129. The van der Waals surface area contributed by atoms with Gasteiger partial charge in [-0.15, -0.1) is 0 Å². The van der Waals surface area contributed by atoms with Gasteiger partial charge in [0.2, 0.25) is 0 Å². The molecular weight excluding hydrogens is 711 g/mol. The lowest BCUT2D eigenvalue weighted by Gasteiger charge is -2.37. The zero-order chi connectivity index (χ0) is 38.5. The molecule has 3 heterocycles.